The van der Waals surface area contributed by atoms with E-state index >= 15 is 0 Å². The molecule has 208 valence electrons. The molecule has 9 heteroatoms. The second kappa shape index (κ2) is 16.0. The van der Waals surface area contributed by atoms with Crippen LogP contribution in [0.3, 0.4) is 0 Å². The third kappa shape index (κ3) is 10.4. The van der Waals surface area contributed by atoms with Crippen LogP contribution in [0.2, 0.25) is 0 Å². The number of aromatic nitrogens is 1. The lowest BCUT2D eigenvalue weighted by Gasteiger charge is -2.24. The molecule has 2 aromatic rings. The van der Waals surface area contributed by atoms with Crippen molar-refractivity contribution >= 4 is 12.1 Å². The number of unbranched alkanes of at least 4 members (excludes halogenated alkanes) is 1. The molecule has 38 heavy (non-hydrogen) atoms. The molecule has 0 bridgehead atoms. The van der Waals surface area contributed by atoms with Gasteiger partial charge < -0.3 is 19.7 Å². The summed E-state index contributed by atoms with van der Waals surface area (Å²) in [5.41, 5.74) is 4.47. The first-order valence-corrected chi connectivity index (χ1v) is 13.5. The molecule has 1 aromatic carbocycles. The lowest BCUT2D eigenvalue weighted by atomic mass is 9.95. The number of hydrogen-bond donors (Lipinski definition) is 1. The fourth-order valence-electron chi connectivity index (χ4n) is 4.63. The van der Waals surface area contributed by atoms with E-state index < -0.39 is 24.5 Å². The number of fused-ring (bicyclic) bond motifs is 1. The number of carbonyl (C=O) groups is 2. The number of ether oxygens (including phenoxy) is 2. The van der Waals surface area contributed by atoms with E-state index in [2.05, 4.69) is 17.4 Å². The number of carbonyl (C=O) groups excluding carboxylic acids is 2. The standard InChI is InChI=1S/C29H39F2N3O4/c1-37-28(35)26(33-29(36)38-21-22-9-3-2-4-10-22)16-19-34(20-17-27(30)31)18-8-7-12-24-15-14-23-11-5-6-13-25(23)32-24/h2-4,9-10,14-15,26-27H,5-8,11-13,16-21H2,1H3,(H,33,36)/t26-/m0/s1. The van der Waals surface area contributed by atoms with E-state index in [0.29, 0.717) is 13.1 Å². The van der Waals surface area contributed by atoms with Gasteiger partial charge in [0.05, 0.1) is 7.11 Å². The number of pyridine rings is 1. The Bertz CT molecular complexity index is 1010. The lowest BCUT2D eigenvalue weighted by Crippen LogP contribution is -2.44. The topological polar surface area (TPSA) is 80.8 Å². The summed E-state index contributed by atoms with van der Waals surface area (Å²) in [5, 5.41) is 2.55. The zero-order valence-corrected chi connectivity index (χ0v) is 22.2. The Morgan fingerprint density at radius 3 is 2.53 bits per heavy atom. The van der Waals surface area contributed by atoms with Crippen molar-refractivity contribution in [2.75, 3.05) is 26.7 Å². The highest BCUT2D eigenvalue weighted by atomic mass is 19.3. The molecule has 1 aromatic heterocycles. The number of aryl methyl sites for hydroxylation is 3. The number of halogens is 2. The Hall–Kier alpha value is -3.07. The van der Waals surface area contributed by atoms with E-state index in [4.69, 9.17) is 14.5 Å². The van der Waals surface area contributed by atoms with Crippen LogP contribution in [0.25, 0.3) is 0 Å². The maximum atomic E-state index is 12.9. The third-order valence-corrected chi connectivity index (χ3v) is 6.78. The number of alkyl carbamates (subject to hydrolysis) is 1. The minimum absolute atomic E-state index is 0.0696. The molecule has 1 aliphatic carbocycles. The Labute approximate surface area is 223 Å². The van der Waals surface area contributed by atoms with Crippen molar-refractivity contribution in [1.29, 1.82) is 0 Å². The van der Waals surface area contributed by atoms with E-state index in [-0.39, 0.29) is 26.0 Å². The minimum atomic E-state index is -2.40. The van der Waals surface area contributed by atoms with Gasteiger partial charge >= 0.3 is 12.1 Å². The Balaban J connectivity index is 1.47. The van der Waals surface area contributed by atoms with Gasteiger partial charge in [-0.25, -0.2) is 18.4 Å². The number of esters is 1. The van der Waals surface area contributed by atoms with Crippen LogP contribution >= 0.6 is 0 Å². The monoisotopic (exact) mass is 531 g/mol. The molecule has 0 spiro atoms. The molecule has 1 amide bonds. The maximum Gasteiger partial charge on any atom is 0.408 e. The van der Waals surface area contributed by atoms with Crippen LogP contribution in [-0.4, -0.2) is 61.2 Å². The minimum Gasteiger partial charge on any atom is -0.467 e. The van der Waals surface area contributed by atoms with Gasteiger partial charge in [-0.15, -0.1) is 0 Å². The SMILES string of the molecule is COC(=O)[C@H](CCN(CCCCc1ccc2c(n1)CCCC2)CCC(F)F)NC(=O)OCc1ccccc1. The van der Waals surface area contributed by atoms with Gasteiger partial charge in [0.25, 0.3) is 0 Å². The van der Waals surface area contributed by atoms with Crippen LogP contribution in [0.5, 0.6) is 0 Å². The molecule has 1 aliphatic rings. The Morgan fingerprint density at radius 1 is 1.00 bits per heavy atom. The van der Waals surface area contributed by atoms with E-state index in [1.807, 2.05) is 35.2 Å². The summed E-state index contributed by atoms with van der Waals surface area (Å²) >= 11 is 0. The maximum absolute atomic E-state index is 12.9. The van der Waals surface area contributed by atoms with Gasteiger partial charge in [-0.1, -0.05) is 36.4 Å². The number of benzene rings is 1. The normalized spacial score (nSPS) is 13.7. The molecular weight excluding hydrogens is 492 g/mol. The van der Waals surface area contributed by atoms with Crippen LogP contribution in [0.15, 0.2) is 42.5 Å². The Morgan fingerprint density at radius 2 is 1.76 bits per heavy atom. The second-order valence-corrected chi connectivity index (χ2v) is 9.66. The van der Waals surface area contributed by atoms with Crippen molar-refractivity contribution in [3.05, 3.63) is 65.0 Å². The highest BCUT2D eigenvalue weighted by molar-refractivity contribution is 5.81. The van der Waals surface area contributed by atoms with Crippen molar-refractivity contribution < 1.29 is 27.8 Å². The lowest BCUT2D eigenvalue weighted by molar-refractivity contribution is -0.143. The molecule has 0 fully saturated rings. The molecule has 1 atom stereocenters. The van der Waals surface area contributed by atoms with Gasteiger partial charge in [0.2, 0.25) is 6.43 Å². The smallest absolute Gasteiger partial charge is 0.408 e. The fourth-order valence-corrected chi connectivity index (χ4v) is 4.63. The molecule has 7 nitrogen and oxygen atoms in total. The molecule has 0 aliphatic heterocycles. The van der Waals surface area contributed by atoms with Gasteiger partial charge in [0, 0.05) is 30.9 Å². The van der Waals surface area contributed by atoms with Gasteiger partial charge in [0.15, 0.2) is 0 Å². The Kier molecular flexibility index (Phi) is 12.4. The van der Waals surface area contributed by atoms with Gasteiger partial charge in [0.1, 0.15) is 12.6 Å². The van der Waals surface area contributed by atoms with E-state index in [0.717, 1.165) is 43.4 Å². The number of nitrogens with zero attached hydrogens (tertiary/aromatic N) is 2. The average molecular weight is 532 g/mol. The zero-order chi connectivity index (χ0) is 27.2. The molecule has 0 saturated carbocycles. The molecule has 3 rings (SSSR count). The number of alkyl halides is 2. The summed E-state index contributed by atoms with van der Waals surface area (Å²) in [5.74, 6) is -0.603. The molecule has 0 radical (unpaired) electrons. The molecule has 0 unspecified atom stereocenters. The first-order chi connectivity index (χ1) is 18.4. The number of hydrogen-bond acceptors (Lipinski definition) is 6. The third-order valence-electron chi connectivity index (χ3n) is 6.78. The predicted molar refractivity (Wildman–Crippen MR) is 141 cm³/mol. The van der Waals surface area contributed by atoms with Crippen molar-refractivity contribution in [3.63, 3.8) is 0 Å². The molecular formula is C29H39F2N3O4. The average Bonchev–Trinajstić information content (AvgIpc) is 2.94. The molecule has 0 saturated heterocycles. The van der Waals surface area contributed by atoms with Crippen LogP contribution in [-0.2, 0) is 40.1 Å². The van der Waals surface area contributed by atoms with E-state index in [1.54, 1.807) is 0 Å². The van der Waals surface area contributed by atoms with Crippen molar-refractivity contribution in [2.24, 2.45) is 0 Å². The van der Waals surface area contributed by atoms with E-state index in [9.17, 15) is 18.4 Å². The number of methoxy groups -OCH3 is 1. The van der Waals surface area contributed by atoms with Crippen molar-refractivity contribution in [1.82, 2.24) is 15.2 Å². The number of rotatable bonds is 15. The highest BCUT2D eigenvalue weighted by Gasteiger charge is 2.23. The first-order valence-electron chi connectivity index (χ1n) is 13.5. The first kappa shape index (κ1) is 29.5. The van der Waals surface area contributed by atoms with Crippen molar-refractivity contribution in [3.8, 4) is 0 Å². The highest BCUT2D eigenvalue weighted by Crippen LogP contribution is 2.20. The summed E-state index contributed by atoms with van der Waals surface area (Å²) in [6.45, 7) is 1.26. The fraction of sp³-hybridized carbons (Fsp3) is 0.552. The summed E-state index contributed by atoms with van der Waals surface area (Å²) in [4.78, 5) is 31.3. The largest absolute Gasteiger partial charge is 0.467 e. The van der Waals surface area contributed by atoms with Gasteiger partial charge in [-0.2, -0.15) is 0 Å². The predicted octanol–water partition coefficient (Wildman–Crippen LogP) is 5.10. The van der Waals surface area contributed by atoms with Crippen LogP contribution in [0, 0.1) is 0 Å². The van der Waals surface area contributed by atoms with E-state index in [1.165, 1.54) is 31.2 Å². The van der Waals surface area contributed by atoms with Crippen LogP contribution in [0.4, 0.5) is 13.6 Å². The van der Waals surface area contributed by atoms with Gasteiger partial charge in [-0.3, -0.25) is 4.98 Å². The van der Waals surface area contributed by atoms with Crippen LogP contribution < -0.4 is 5.32 Å². The summed E-state index contributed by atoms with van der Waals surface area (Å²) in [7, 11) is 1.25. The molecule has 1 heterocycles. The summed E-state index contributed by atoms with van der Waals surface area (Å²) < 4.78 is 35.9. The van der Waals surface area contributed by atoms with Crippen LogP contribution in [0.1, 0.15) is 61.0 Å². The summed E-state index contributed by atoms with van der Waals surface area (Å²) in [6, 6.07) is 12.6. The number of amides is 1. The number of nitrogens with one attached hydrogen (secondary N) is 1. The zero-order valence-electron chi connectivity index (χ0n) is 22.2. The molecule has 1 N–H and O–H groups in total. The second-order valence-electron chi connectivity index (χ2n) is 9.66. The quantitative estimate of drug-likeness (QED) is 0.255. The van der Waals surface area contributed by atoms with Gasteiger partial charge in [-0.05, 0) is 75.1 Å². The summed E-state index contributed by atoms with van der Waals surface area (Å²) in [6.07, 6.45) is 3.95. The van der Waals surface area contributed by atoms with Crippen molar-refractivity contribution in [2.45, 2.75) is 76.9 Å².